The predicted molar refractivity (Wildman–Crippen MR) is 88.7 cm³/mol. The second kappa shape index (κ2) is 5.90. The molecule has 0 fully saturated rings. The van der Waals surface area contributed by atoms with Gasteiger partial charge in [-0.2, -0.15) is 0 Å². The fourth-order valence-corrected chi connectivity index (χ4v) is 3.30. The Labute approximate surface area is 138 Å². The van der Waals surface area contributed by atoms with Gasteiger partial charge in [0.15, 0.2) is 11.5 Å². The zero-order valence-corrected chi connectivity index (χ0v) is 14.3. The van der Waals surface area contributed by atoms with Gasteiger partial charge in [0.2, 0.25) is 0 Å². The van der Waals surface area contributed by atoms with Crippen molar-refractivity contribution in [1.29, 1.82) is 0 Å². The number of aryl methyl sites for hydroxylation is 2. The van der Waals surface area contributed by atoms with Crippen LogP contribution in [-0.2, 0) is 0 Å². The summed E-state index contributed by atoms with van der Waals surface area (Å²) in [4.78, 5) is 0. The minimum absolute atomic E-state index is 0.201. The smallest absolute Gasteiger partial charge is 0.161 e. The van der Waals surface area contributed by atoms with E-state index in [1.807, 2.05) is 18.2 Å². The minimum atomic E-state index is -0.201. The first-order valence-corrected chi connectivity index (χ1v) is 8.09. The molecule has 0 radical (unpaired) electrons. The third kappa shape index (κ3) is 2.90. The van der Waals surface area contributed by atoms with Crippen molar-refractivity contribution in [2.24, 2.45) is 0 Å². The molecule has 110 valence electrons. The van der Waals surface area contributed by atoms with Crippen LogP contribution in [0.5, 0.6) is 11.5 Å². The number of rotatable bonds is 2. The molecule has 2 aromatic rings. The van der Waals surface area contributed by atoms with Gasteiger partial charge in [-0.15, -0.1) is 11.6 Å². The van der Waals surface area contributed by atoms with Crippen molar-refractivity contribution in [2.75, 3.05) is 13.2 Å². The van der Waals surface area contributed by atoms with E-state index >= 15 is 0 Å². The Kier molecular flexibility index (Phi) is 4.14. The molecule has 2 nitrogen and oxygen atoms in total. The largest absolute Gasteiger partial charge is 0.486 e. The molecular weight excluding hydrogens is 352 g/mol. The highest BCUT2D eigenvalue weighted by atomic mass is 79.9. The molecule has 2 aromatic carbocycles. The number of alkyl halides is 1. The van der Waals surface area contributed by atoms with Crippen LogP contribution in [0.15, 0.2) is 34.8 Å². The summed E-state index contributed by atoms with van der Waals surface area (Å²) >= 11 is 10.2. The Hall–Kier alpha value is -1.19. The molecule has 0 saturated carbocycles. The van der Waals surface area contributed by atoms with E-state index in [0.29, 0.717) is 13.2 Å². The number of fused-ring (bicyclic) bond motifs is 1. The van der Waals surface area contributed by atoms with Crippen LogP contribution in [0.4, 0.5) is 0 Å². The molecule has 21 heavy (non-hydrogen) atoms. The molecule has 0 spiro atoms. The average Bonchev–Trinajstić information content (AvgIpc) is 2.50. The van der Waals surface area contributed by atoms with Crippen molar-refractivity contribution in [3.63, 3.8) is 0 Å². The molecular formula is C17H16BrClO2. The van der Waals surface area contributed by atoms with Gasteiger partial charge in [-0.3, -0.25) is 0 Å². The third-order valence-corrected chi connectivity index (χ3v) is 5.02. The second-order valence-electron chi connectivity index (χ2n) is 5.22. The zero-order chi connectivity index (χ0) is 15.0. The Morgan fingerprint density at radius 3 is 2.48 bits per heavy atom. The van der Waals surface area contributed by atoms with Gasteiger partial charge in [-0.25, -0.2) is 0 Å². The monoisotopic (exact) mass is 366 g/mol. The lowest BCUT2D eigenvalue weighted by atomic mass is 9.98. The van der Waals surface area contributed by atoms with Crippen LogP contribution in [0, 0.1) is 13.8 Å². The van der Waals surface area contributed by atoms with Crippen LogP contribution < -0.4 is 9.47 Å². The summed E-state index contributed by atoms with van der Waals surface area (Å²) in [6.45, 7) is 5.33. The first-order valence-electron chi connectivity index (χ1n) is 6.86. The fourth-order valence-electron chi connectivity index (χ4n) is 2.47. The van der Waals surface area contributed by atoms with E-state index in [2.05, 4.69) is 41.9 Å². The number of halogens is 2. The standard InChI is InChI=1S/C17H16BrClO2/c1-10-8-14(18)11(2)7-13(10)17(19)12-3-4-15-16(9-12)21-6-5-20-15/h3-4,7-9,17H,5-6H2,1-2H3. The summed E-state index contributed by atoms with van der Waals surface area (Å²) in [7, 11) is 0. The van der Waals surface area contributed by atoms with Gasteiger partial charge in [0, 0.05) is 4.47 Å². The van der Waals surface area contributed by atoms with Crippen LogP contribution in [0.3, 0.4) is 0 Å². The number of benzene rings is 2. The molecule has 1 aliphatic heterocycles. The molecule has 1 aliphatic rings. The van der Waals surface area contributed by atoms with Crippen molar-refractivity contribution in [3.05, 3.63) is 57.1 Å². The zero-order valence-electron chi connectivity index (χ0n) is 12.0. The molecule has 0 amide bonds. The lowest BCUT2D eigenvalue weighted by molar-refractivity contribution is 0.171. The first kappa shape index (κ1) is 14.7. The number of hydrogen-bond donors (Lipinski definition) is 0. The van der Waals surface area contributed by atoms with E-state index in [0.717, 1.165) is 27.1 Å². The highest BCUT2D eigenvalue weighted by Crippen LogP contribution is 2.38. The van der Waals surface area contributed by atoms with Crippen LogP contribution in [0.1, 0.15) is 27.6 Å². The van der Waals surface area contributed by atoms with E-state index in [4.69, 9.17) is 21.1 Å². The molecule has 4 heteroatoms. The second-order valence-corrected chi connectivity index (χ2v) is 6.51. The summed E-state index contributed by atoms with van der Waals surface area (Å²) in [5.41, 5.74) is 4.49. The van der Waals surface area contributed by atoms with E-state index in [1.165, 1.54) is 11.1 Å². The topological polar surface area (TPSA) is 18.5 Å². The van der Waals surface area contributed by atoms with E-state index in [1.54, 1.807) is 0 Å². The summed E-state index contributed by atoms with van der Waals surface area (Å²) in [5.74, 6) is 1.56. The highest BCUT2D eigenvalue weighted by Gasteiger charge is 2.18. The maximum atomic E-state index is 6.69. The Morgan fingerprint density at radius 2 is 1.71 bits per heavy atom. The summed E-state index contributed by atoms with van der Waals surface area (Å²) in [5, 5.41) is -0.201. The van der Waals surface area contributed by atoms with Crippen molar-refractivity contribution in [3.8, 4) is 11.5 Å². The normalized spacial score (nSPS) is 14.9. The summed E-state index contributed by atoms with van der Waals surface area (Å²) < 4.78 is 12.3. The van der Waals surface area contributed by atoms with E-state index in [-0.39, 0.29) is 5.38 Å². The molecule has 0 aliphatic carbocycles. The van der Waals surface area contributed by atoms with Crippen LogP contribution in [0.25, 0.3) is 0 Å². The average molecular weight is 368 g/mol. The Balaban J connectivity index is 1.98. The maximum absolute atomic E-state index is 6.69. The van der Waals surface area contributed by atoms with Crippen LogP contribution in [0.2, 0.25) is 0 Å². The van der Waals surface area contributed by atoms with Gasteiger partial charge < -0.3 is 9.47 Å². The van der Waals surface area contributed by atoms with Gasteiger partial charge in [-0.1, -0.05) is 28.1 Å². The number of hydrogen-bond acceptors (Lipinski definition) is 2. The quantitative estimate of drug-likeness (QED) is 0.682. The highest BCUT2D eigenvalue weighted by molar-refractivity contribution is 9.10. The lowest BCUT2D eigenvalue weighted by Crippen LogP contribution is -2.15. The van der Waals surface area contributed by atoms with E-state index < -0.39 is 0 Å². The van der Waals surface area contributed by atoms with E-state index in [9.17, 15) is 0 Å². The van der Waals surface area contributed by atoms with Crippen molar-refractivity contribution >= 4 is 27.5 Å². The molecule has 3 rings (SSSR count). The molecule has 1 heterocycles. The summed E-state index contributed by atoms with van der Waals surface area (Å²) in [6, 6.07) is 10.1. The molecule has 0 aromatic heterocycles. The van der Waals surface area contributed by atoms with Crippen molar-refractivity contribution < 1.29 is 9.47 Å². The van der Waals surface area contributed by atoms with Gasteiger partial charge in [0.05, 0.1) is 5.38 Å². The predicted octanol–water partition coefficient (Wildman–Crippen LogP) is 5.17. The molecule has 0 bridgehead atoms. The van der Waals surface area contributed by atoms with Crippen molar-refractivity contribution in [1.82, 2.24) is 0 Å². The maximum Gasteiger partial charge on any atom is 0.161 e. The Bertz CT molecular complexity index is 685. The van der Waals surface area contributed by atoms with Crippen molar-refractivity contribution in [2.45, 2.75) is 19.2 Å². The Morgan fingerprint density at radius 1 is 1.00 bits per heavy atom. The third-order valence-electron chi connectivity index (χ3n) is 3.68. The van der Waals surface area contributed by atoms with Crippen LogP contribution in [-0.4, -0.2) is 13.2 Å². The van der Waals surface area contributed by atoms with Gasteiger partial charge >= 0.3 is 0 Å². The molecule has 1 atom stereocenters. The SMILES string of the molecule is Cc1cc(C(Cl)c2ccc3c(c2)OCCO3)c(C)cc1Br. The minimum Gasteiger partial charge on any atom is -0.486 e. The molecule has 1 unspecified atom stereocenters. The lowest BCUT2D eigenvalue weighted by Gasteiger charge is -2.21. The number of ether oxygens (including phenoxy) is 2. The fraction of sp³-hybridized carbons (Fsp3) is 0.294. The molecule has 0 saturated heterocycles. The first-order chi connectivity index (χ1) is 10.1. The van der Waals surface area contributed by atoms with Gasteiger partial charge in [-0.05, 0) is 54.3 Å². The van der Waals surface area contributed by atoms with Gasteiger partial charge in [0.1, 0.15) is 13.2 Å². The molecule has 0 N–H and O–H groups in total. The van der Waals surface area contributed by atoms with Crippen LogP contribution >= 0.6 is 27.5 Å². The summed E-state index contributed by atoms with van der Waals surface area (Å²) in [6.07, 6.45) is 0. The van der Waals surface area contributed by atoms with Gasteiger partial charge in [0.25, 0.3) is 0 Å².